The Morgan fingerprint density at radius 2 is 1.71 bits per heavy atom. The van der Waals surface area contributed by atoms with Crippen molar-refractivity contribution in [3.63, 3.8) is 0 Å². The molecule has 0 spiro atoms. The number of esters is 1. The molecule has 168 valence electrons. The Morgan fingerprint density at radius 3 is 2.32 bits per heavy atom. The van der Waals surface area contributed by atoms with Crippen LogP contribution in [-0.4, -0.2) is 64.2 Å². The predicted molar refractivity (Wildman–Crippen MR) is 111 cm³/mol. The molecule has 2 N–H and O–H groups in total. The molecule has 0 unspecified atom stereocenters. The van der Waals surface area contributed by atoms with Crippen molar-refractivity contribution in [1.82, 2.24) is 5.32 Å². The van der Waals surface area contributed by atoms with Gasteiger partial charge in [-0.3, -0.25) is 4.79 Å². The first kappa shape index (κ1) is 24.0. The minimum absolute atomic E-state index is 0.238. The zero-order chi connectivity index (χ0) is 22.6. The number of hydrogen-bond acceptors (Lipinski definition) is 8. The molecule has 0 saturated heterocycles. The van der Waals surface area contributed by atoms with Crippen LogP contribution in [-0.2, 0) is 20.9 Å². The van der Waals surface area contributed by atoms with Crippen molar-refractivity contribution >= 4 is 11.9 Å². The average Bonchev–Trinajstić information content (AvgIpc) is 2.82. The number of aliphatic hydroxyl groups is 1. The summed E-state index contributed by atoms with van der Waals surface area (Å²) in [5, 5.41) is 11.6. The van der Waals surface area contributed by atoms with E-state index in [9.17, 15) is 14.7 Å². The molecule has 2 rings (SSSR count). The van der Waals surface area contributed by atoms with E-state index in [4.69, 9.17) is 18.9 Å². The van der Waals surface area contributed by atoms with Crippen molar-refractivity contribution < 1.29 is 38.4 Å². The van der Waals surface area contributed by atoms with Crippen LogP contribution in [0.4, 0.5) is 0 Å². The molecule has 0 aliphatic rings. The van der Waals surface area contributed by atoms with E-state index < -0.39 is 24.5 Å². The summed E-state index contributed by atoms with van der Waals surface area (Å²) in [7, 11) is 4.24. The standard InChI is InChI=1S/C22H27NO8/c1-27-17-7-4-15(5-8-17)14-30-10-11-31-19-9-6-16(12-20(19)28-2)21(25)23-18(13-24)22(26)29-3/h4-9,12,18,24H,10-11,13-14H2,1-3H3,(H,23,25)/t18-/m1/s1. The molecule has 9 heteroatoms. The lowest BCUT2D eigenvalue weighted by Gasteiger charge is -2.15. The molecule has 2 aromatic carbocycles. The van der Waals surface area contributed by atoms with E-state index in [1.807, 2.05) is 24.3 Å². The lowest BCUT2D eigenvalue weighted by molar-refractivity contribution is -0.143. The normalized spacial score (nSPS) is 11.4. The number of amides is 1. The van der Waals surface area contributed by atoms with Gasteiger partial charge in [-0.25, -0.2) is 4.79 Å². The number of ether oxygens (including phenoxy) is 5. The second kappa shape index (κ2) is 12.4. The molecule has 1 atom stereocenters. The maximum atomic E-state index is 12.3. The summed E-state index contributed by atoms with van der Waals surface area (Å²) in [6.45, 7) is 0.505. The van der Waals surface area contributed by atoms with Gasteiger partial charge in [0.05, 0.1) is 41.2 Å². The van der Waals surface area contributed by atoms with Gasteiger partial charge >= 0.3 is 5.97 Å². The molecule has 9 nitrogen and oxygen atoms in total. The van der Waals surface area contributed by atoms with Crippen LogP contribution in [0.5, 0.6) is 17.2 Å². The Morgan fingerprint density at radius 1 is 0.968 bits per heavy atom. The minimum atomic E-state index is -1.15. The van der Waals surface area contributed by atoms with Crippen LogP contribution in [0, 0.1) is 0 Å². The van der Waals surface area contributed by atoms with E-state index in [2.05, 4.69) is 10.1 Å². The molecule has 0 heterocycles. The molecule has 2 aromatic rings. The first-order valence-electron chi connectivity index (χ1n) is 9.53. The van der Waals surface area contributed by atoms with Crippen LogP contribution >= 0.6 is 0 Å². The van der Waals surface area contributed by atoms with Gasteiger partial charge in [0.25, 0.3) is 5.91 Å². The Bertz CT molecular complexity index is 853. The summed E-state index contributed by atoms with van der Waals surface area (Å²) in [4.78, 5) is 23.9. The van der Waals surface area contributed by atoms with Crippen molar-refractivity contribution in [1.29, 1.82) is 0 Å². The Hall–Kier alpha value is -3.30. The van der Waals surface area contributed by atoms with Crippen molar-refractivity contribution in [3.8, 4) is 17.2 Å². The van der Waals surface area contributed by atoms with Crippen molar-refractivity contribution in [2.45, 2.75) is 12.6 Å². The number of methoxy groups -OCH3 is 3. The zero-order valence-electron chi connectivity index (χ0n) is 17.8. The number of hydrogen-bond donors (Lipinski definition) is 2. The topological polar surface area (TPSA) is 113 Å². The monoisotopic (exact) mass is 433 g/mol. The highest BCUT2D eigenvalue weighted by Gasteiger charge is 2.22. The lowest BCUT2D eigenvalue weighted by atomic mass is 10.1. The highest BCUT2D eigenvalue weighted by molar-refractivity contribution is 5.97. The van der Waals surface area contributed by atoms with Crippen LogP contribution in [0.15, 0.2) is 42.5 Å². The van der Waals surface area contributed by atoms with Crippen molar-refractivity contribution in [2.75, 3.05) is 41.2 Å². The molecule has 0 bridgehead atoms. The van der Waals surface area contributed by atoms with Gasteiger partial charge in [-0.15, -0.1) is 0 Å². The quantitative estimate of drug-likeness (QED) is 0.383. The molecule has 1 amide bonds. The third kappa shape index (κ3) is 7.16. The highest BCUT2D eigenvalue weighted by Crippen LogP contribution is 2.28. The number of benzene rings is 2. The summed E-state index contributed by atoms with van der Waals surface area (Å²) in [5.74, 6) is 0.281. The van der Waals surface area contributed by atoms with E-state index in [0.29, 0.717) is 24.7 Å². The van der Waals surface area contributed by atoms with E-state index >= 15 is 0 Å². The number of aliphatic hydroxyl groups excluding tert-OH is 1. The SMILES string of the molecule is COC(=O)[C@@H](CO)NC(=O)c1ccc(OCCOCc2ccc(OC)cc2)c(OC)c1. The fourth-order valence-corrected chi connectivity index (χ4v) is 2.61. The first-order valence-corrected chi connectivity index (χ1v) is 9.53. The van der Waals surface area contributed by atoms with Gasteiger partial charge in [0.2, 0.25) is 0 Å². The van der Waals surface area contributed by atoms with E-state index in [1.54, 1.807) is 13.2 Å². The summed E-state index contributed by atoms with van der Waals surface area (Å²) in [6.07, 6.45) is 0. The number of rotatable bonds is 12. The third-order valence-electron chi connectivity index (χ3n) is 4.31. The average molecular weight is 433 g/mol. The molecular formula is C22H27NO8. The molecule has 0 aliphatic heterocycles. The Kier molecular flexibility index (Phi) is 9.60. The van der Waals surface area contributed by atoms with Gasteiger partial charge in [0.15, 0.2) is 17.5 Å². The summed E-state index contributed by atoms with van der Waals surface area (Å²) in [5.41, 5.74) is 1.25. The fraction of sp³-hybridized carbons (Fsp3) is 0.364. The maximum Gasteiger partial charge on any atom is 0.330 e. The van der Waals surface area contributed by atoms with Crippen LogP contribution in [0.1, 0.15) is 15.9 Å². The summed E-state index contributed by atoms with van der Waals surface area (Å²) >= 11 is 0. The summed E-state index contributed by atoms with van der Waals surface area (Å²) in [6, 6.07) is 11.0. The number of carbonyl (C=O) groups is 2. The van der Waals surface area contributed by atoms with Gasteiger partial charge in [0, 0.05) is 5.56 Å². The van der Waals surface area contributed by atoms with Crippen LogP contribution in [0.2, 0.25) is 0 Å². The second-order valence-electron chi connectivity index (χ2n) is 6.35. The molecule has 0 radical (unpaired) electrons. The molecule has 0 fully saturated rings. The Labute approximate surface area is 180 Å². The predicted octanol–water partition coefficient (Wildman–Crippen LogP) is 1.56. The third-order valence-corrected chi connectivity index (χ3v) is 4.31. The Balaban J connectivity index is 1.86. The van der Waals surface area contributed by atoms with Gasteiger partial charge in [-0.2, -0.15) is 0 Å². The molecule has 0 saturated carbocycles. The first-order chi connectivity index (χ1) is 15.0. The molecule has 31 heavy (non-hydrogen) atoms. The van der Waals surface area contributed by atoms with Crippen LogP contribution in [0.25, 0.3) is 0 Å². The van der Waals surface area contributed by atoms with Gasteiger partial charge in [-0.1, -0.05) is 12.1 Å². The zero-order valence-corrected chi connectivity index (χ0v) is 17.8. The van der Waals surface area contributed by atoms with E-state index in [1.165, 1.54) is 26.4 Å². The van der Waals surface area contributed by atoms with Crippen LogP contribution < -0.4 is 19.5 Å². The van der Waals surface area contributed by atoms with Crippen molar-refractivity contribution in [3.05, 3.63) is 53.6 Å². The van der Waals surface area contributed by atoms with Crippen LogP contribution in [0.3, 0.4) is 0 Å². The van der Waals surface area contributed by atoms with E-state index in [-0.39, 0.29) is 12.2 Å². The molecule has 0 aliphatic carbocycles. The minimum Gasteiger partial charge on any atom is -0.497 e. The number of nitrogens with one attached hydrogen (secondary N) is 1. The van der Waals surface area contributed by atoms with E-state index in [0.717, 1.165) is 11.3 Å². The second-order valence-corrected chi connectivity index (χ2v) is 6.35. The molecule has 0 aromatic heterocycles. The maximum absolute atomic E-state index is 12.3. The van der Waals surface area contributed by atoms with Gasteiger partial charge < -0.3 is 34.1 Å². The largest absolute Gasteiger partial charge is 0.497 e. The van der Waals surface area contributed by atoms with Gasteiger partial charge in [-0.05, 0) is 35.9 Å². The van der Waals surface area contributed by atoms with Crippen molar-refractivity contribution in [2.24, 2.45) is 0 Å². The summed E-state index contributed by atoms with van der Waals surface area (Å²) < 4.78 is 26.2. The van der Waals surface area contributed by atoms with Gasteiger partial charge in [0.1, 0.15) is 12.4 Å². The number of carbonyl (C=O) groups excluding carboxylic acids is 2. The molecular weight excluding hydrogens is 406 g/mol. The lowest BCUT2D eigenvalue weighted by Crippen LogP contribution is -2.44. The fourth-order valence-electron chi connectivity index (χ4n) is 2.61. The highest BCUT2D eigenvalue weighted by atomic mass is 16.5. The smallest absolute Gasteiger partial charge is 0.330 e.